The second kappa shape index (κ2) is 18.6. The third-order valence-corrected chi connectivity index (χ3v) is 7.81. The van der Waals surface area contributed by atoms with Crippen LogP contribution in [0.25, 0.3) is 0 Å². The van der Waals surface area contributed by atoms with Gasteiger partial charge in [-0.2, -0.15) is 0 Å². The third-order valence-electron chi connectivity index (χ3n) is 7.81. The van der Waals surface area contributed by atoms with Crippen molar-refractivity contribution in [2.24, 2.45) is 11.8 Å². The number of benzene rings is 2. The van der Waals surface area contributed by atoms with Crippen molar-refractivity contribution in [2.45, 2.75) is 89.9 Å². The molecule has 0 spiro atoms. The first-order valence-corrected chi connectivity index (χ1v) is 15.2. The number of unbranched alkanes of at least 4 members (excludes halogenated alkanes) is 6. The van der Waals surface area contributed by atoms with E-state index in [4.69, 9.17) is 18.9 Å². The van der Waals surface area contributed by atoms with Gasteiger partial charge in [0.1, 0.15) is 11.5 Å². The van der Waals surface area contributed by atoms with Gasteiger partial charge in [-0.15, -0.1) is 0 Å². The maximum atomic E-state index is 12.7. The molecule has 0 saturated heterocycles. The molecule has 2 aromatic carbocycles. The molecule has 0 aromatic heterocycles. The van der Waals surface area contributed by atoms with Crippen LogP contribution >= 0.6 is 0 Å². The fraction of sp³-hybridized carbons (Fsp3) is 0.588. The number of hydrogen-bond donors (Lipinski definition) is 0. The zero-order chi connectivity index (χ0) is 28.4. The molecule has 40 heavy (non-hydrogen) atoms. The molecule has 3 rings (SSSR count). The molecular formula is C34H48O6. The molecule has 1 aliphatic rings. The Balaban J connectivity index is 1.32. The van der Waals surface area contributed by atoms with Crippen molar-refractivity contribution in [1.82, 2.24) is 0 Å². The van der Waals surface area contributed by atoms with Gasteiger partial charge in [-0.05, 0) is 99.6 Å². The second-order valence-electron chi connectivity index (χ2n) is 11.0. The molecule has 0 unspecified atom stereocenters. The molecule has 1 fully saturated rings. The van der Waals surface area contributed by atoms with Crippen molar-refractivity contribution in [3.05, 3.63) is 59.7 Å². The monoisotopic (exact) mass is 552 g/mol. The predicted molar refractivity (Wildman–Crippen MR) is 158 cm³/mol. The largest absolute Gasteiger partial charge is 0.426 e. The van der Waals surface area contributed by atoms with E-state index in [9.17, 15) is 9.59 Å². The Bertz CT molecular complexity index is 895. The smallest absolute Gasteiger partial charge is 0.314 e. The number of carbonyl (C=O) groups is 2. The Hall–Kier alpha value is -2.70. The van der Waals surface area contributed by atoms with Gasteiger partial charge in [0, 0.05) is 27.4 Å². The molecular weight excluding hydrogens is 504 g/mol. The first-order valence-electron chi connectivity index (χ1n) is 15.2. The Morgan fingerprint density at radius 3 is 1.25 bits per heavy atom. The summed E-state index contributed by atoms with van der Waals surface area (Å²) in [6.45, 7) is 1.66. The summed E-state index contributed by atoms with van der Waals surface area (Å²) in [5.41, 5.74) is 2.52. The van der Waals surface area contributed by atoms with Gasteiger partial charge >= 0.3 is 11.9 Å². The highest BCUT2D eigenvalue weighted by Gasteiger charge is 2.32. The van der Waals surface area contributed by atoms with Crippen molar-refractivity contribution >= 4 is 11.9 Å². The van der Waals surface area contributed by atoms with E-state index in [0.717, 1.165) is 51.7 Å². The van der Waals surface area contributed by atoms with Crippen LogP contribution in [-0.2, 0) is 31.9 Å². The lowest BCUT2D eigenvalue weighted by atomic mass is 9.82. The molecule has 0 atom stereocenters. The standard InChI is InChI=1S/C34H48O6/c1-37-25-9-5-3-7-11-27-13-21-31(22-14-27)39-33(35)29-17-19-30(20-18-29)34(36)40-32-23-15-28(16-24-32)12-8-4-6-10-26-38-2/h13-16,21-24,29-30H,3-12,17-20,25-26H2,1-2H3. The van der Waals surface area contributed by atoms with Crippen molar-refractivity contribution in [3.8, 4) is 11.5 Å². The van der Waals surface area contributed by atoms with E-state index in [-0.39, 0.29) is 23.8 Å². The molecule has 0 amide bonds. The second-order valence-corrected chi connectivity index (χ2v) is 11.0. The Kier molecular flexibility index (Phi) is 14.8. The van der Waals surface area contributed by atoms with E-state index >= 15 is 0 Å². The highest BCUT2D eigenvalue weighted by atomic mass is 16.5. The maximum absolute atomic E-state index is 12.7. The molecule has 1 aliphatic carbocycles. The highest BCUT2D eigenvalue weighted by molar-refractivity contribution is 5.77. The summed E-state index contributed by atoms with van der Waals surface area (Å²) in [6, 6.07) is 15.7. The predicted octanol–water partition coefficient (Wildman–Crippen LogP) is 7.50. The van der Waals surface area contributed by atoms with Gasteiger partial charge in [-0.1, -0.05) is 49.9 Å². The first kappa shape index (κ1) is 31.8. The lowest BCUT2D eigenvalue weighted by Gasteiger charge is -2.25. The molecule has 0 aliphatic heterocycles. The van der Waals surface area contributed by atoms with E-state index in [1.165, 1.54) is 36.8 Å². The zero-order valence-corrected chi connectivity index (χ0v) is 24.5. The lowest BCUT2D eigenvalue weighted by Crippen LogP contribution is -2.30. The Labute approximate surface area is 240 Å². The normalized spacial score (nSPS) is 16.9. The minimum atomic E-state index is -0.202. The fourth-order valence-electron chi connectivity index (χ4n) is 5.27. The summed E-state index contributed by atoms with van der Waals surface area (Å²) in [7, 11) is 3.48. The van der Waals surface area contributed by atoms with E-state index in [1.807, 2.05) is 48.5 Å². The van der Waals surface area contributed by atoms with Crippen LogP contribution in [0.5, 0.6) is 11.5 Å². The number of rotatable bonds is 18. The summed E-state index contributed by atoms with van der Waals surface area (Å²) in [5, 5.41) is 0. The average Bonchev–Trinajstić information content (AvgIpc) is 2.98. The van der Waals surface area contributed by atoms with Crippen LogP contribution in [0.3, 0.4) is 0 Å². The van der Waals surface area contributed by atoms with Crippen LogP contribution in [0.2, 0.25) is 0 Å². The lowest BCUT2D eigenvalue weighted by molar-refractivity contribution is -0.145. The van der Waals surface area contributed by atoms with Gasteiger partial charge in [0.15, 0.2) is 0 Å². The summed E-state index contributed by atoms with van der Waals surface area (Å²) in [6.07, 6.45) is 13.9. The molecule has 0 radical (unpaired) electrons. The van der Waals surface area contributed by atoms with Crippen molar-refractivity contribution in [3.63, 3.8) is 0 Å². The molecule has 0 heterocycles. The molecule has 6 nitrogen and oxygen atoms in total. The highest BCUT2D eigenvalue weighted by Crippen LogP contribution is 2.31. The minimum absolute atomic E-state index is 0.176. The summed E-state index contributed by atoms with van der Waals surface area (Å²) < 4.78 is 21.5. The van der Waals surface area contributed by atoms with E-state index in [1.54, 1.807) is 14.2 Å². The molecule has 2 aromatic rings. The van der Waals surface area contributed by atoms with Crippen molar-refractivity contribution in [2.75, 3.05) is 27.4 Å². The molecule has 6 heteroatoms. The van der Waals surface area contributed by atoms with Crippen molar-refractivity contribution < 1.29 is 28.5 Å². The Morgan fingerprint density at radius 1 is 0.550 bits per heavy atom. The van der Waals surface area contributed by atoms with Crippen molar-refractivity contribution in [1.29, 1.82) is 0 Å². The van der Waals surface area contributed by atoms with Crippen LogP contribution in [-0.4, -0.2) is 39.4 Å². The summed E-state index contributed by atoms with van der Waals surface area (Å²) in [5.74, 6) is 0.419. The Morgan fingerprint density at radius 2 is 0.900 bits per heavy atom. The molecule has 1 saturated carbocycles. The van der Waals surface area contributed by atoms with E-state index in [2.05, 4.69) is 0 Å². The molecule has 220 valence electrons. The van der Waals surface area contributed by atoms with Crippen LogP contribution < -0.4 is 9.47 Å². The average molecular weight is 553 g/mol. The maximum Gasteiger partial charge on any atom is 0.314 e. The van der Waals surface area contributed by atoms with E-state index in [0.29, 0.717) is 37.2 Å². The summed E-state index contributed by atoms with van der Waals surface area (Å²) in [4.78, 5) is 25.5. The number of carbonyl (C=O) groups excluding carboxylic acids is 2. The van der Waals surface area contributed by atoms with Gasteiger partial charge in [0.05, 0.1) is 11.8 Å². The molecule has 0 N–H and O–H groups in total. The topological polar surface area (TPSA) is 71.1 Å². The minimum Gasteiger partial charge on any atom is -0.426 e. The summed E-state index contributed by atoms with van der Waals surface area (Å²) >= 11 is 0. The number of esters is 2. The first-order chi connectivity index (χ1) is 19.6. The van der Waals surface area contributed by atoms with Gasteiger partial charge < -0.3 is 18.9 Å². The van der Waals surface area contributed by atoms with Gasteiger partial charge in [0.2, 0.25) is 0 Å². The SMILES string of the molecule is COCCCCCCc1ccc(OC(=O)C2CCC(C(=O)Oc3ccc(CCCCCCOC)cc3)CC2)cc1. The van der Waals surface area contributed by atoms with Gasteiger partial charge in [0.25, 0.3) is 0 Å². The van der Waals surface area contributed by atoms with E-state index < -0.39 is 0 Å². The molecule has 0 bridgehead atoms. The fourth-order valence-corrected chi connectivity index (χ4v) is 5.27. The van der Waals surface area contributed by atoms with Crippen LogP contribution in [0, 0.1) is 11.8 Å². The quantitative estimate of drug-likeness (QED) is 0.108. The number of hydrogen-bond acceptors (Lipinski definition) is 6. The number of methoxy groups -OCH3 is 2. The number of ether oxygens (including phenoxy) is 4. The van der Waals surface area contributed by atoms with Crippen LogP contribution in [0.1, 0.15) is 88.2 Å². The zero-order valence-electron chi connectivity index (χ0n) is 24.5. The van der Waals surface area contributed by atoms with Crippen LogP contribution in [0.4, 0.5) is 0 Å². The van der Waals surface area contributed by atoms with Gasteiger partial charge in [-0.3, -0.25) is 9.59 Å². The number of aryl methyl sites for hydroxylation is 2. The van der Waals surface area contributed by atoms with Crippen LogP contribution in [0.15, 0.2) is 48.5 Å². The van der Waals surface area contributed by atoms with Gasteiger partial charge in [-0.25, -0.2) is 0 Å². The third kappa shape index (κ3) is 11.8.